The van der Waals surface area contributed by atoms with Gasteiger partial charge in [-0.15, -0.1) is 11.8 Å². The molecule has 1 heterocycles. The summed E-state index contributed by atoms with van der Waals surface area (Å²) in [7, 11) is 1.65. The Morgan fingerprint density at radius 1 is 1.14 bits per heavy atom. The molecule has 2 aromatic carbocycles. The predicted molar refractivity (Wildman–Crippen MR) is 115 cm³/mol. The Bertz CT molecular complexity index is 801. The highest BCUT2D eigenvalue weighted by atomic mass is 32.2. The average Bonchev–Trinajstić information content (AvgIpc) is 3.15. The van der Waals surface area contributed by atoms with Crippen molar-refractivity contribution in [3.8, 4) is 11.5 Å². The lowest BCUT2D eigenvalue weighted by Crippen LogP contribution is -2.33. The third kappa shape index (κ3) is 5.22. The predicted octanol–water partition coefficient (Wildman–Crippen LogP) is 5.28. The van der Waals surface area contributed by atoms with Gasteiger partial charge in [0.1, 0.15) is 12.0 Å². The van der Waals surface area contributed by atoms with Crippen molar-refractivity contribution in [1.29, 1.82) is 0 Å². The van der Waals surface area contributed by atoms with Crippen molar-refractivity contribution < 1.29 is 14.3 Å². The molecule has 1 aliphatic heterocycles. The van der Waals surface area contributed by atoms with Gasteiger partial charge in [0.15, 0.2) is 11.5 Å². The minimum absolute atomic E-state index is 0.0151. The van der Waals surface area contributed by atoms with Crippen molar-refractivity contribution in [3.05, 3.63) is 59.7 Å². The van der Waals surface area contributed by atoms with E-state index in [1.807, 2.05) is 53.4 Å². The maximum absolute atomic E-state index is 12.8. The van der Waals surface area contributed by atoms with Crippen LogP contribution in [0, 0.1) is 5.41 Å². The molecule has 0 aliphatic carbocycles. The molecular formula is C23H29NO3S. The highest BCUT2D eigenvalue weighted by Crippen LogP contribution is 2.42. The van der Waals surface area contributed by atoms with Gasteiger partial charge >= 0.3 is 0 Å². The Morgan fingerprint density at radius 2 is 1.89 bits per heavy atom. The van der Waals surface area contributed by atoms with E-state index in [2.05, 4.69) is 20.8 Å². The van der Waals surface area contributed by atoms with Gasteiger partial charge in [-0.05, 0) is 28.7 Å². The summed E-state index contributed by atoms with van der Waals surface area (Å²) in [6, 6.07) is 16.1. The summed E-state index contributed by atoms with van der Waals surface area (Å²) in [4.78, 5) is 14.8. The third-order valence-corrected chi connectivity index (χ3v) is 5.86. The highest BCUT2D eigenvalue weighted by molar-refractivity contribution is 7.99. The van der Waals surface area contributed by atoms with Crippen LogP contribution >= 0.6 is 11.8 Å². The molecule has 4 nitrogen and oxygen atoms in total. The van der Waals surface area contributed by atoms with Gasteiger partial charge in [0, 0.05) is 18.7 Å². The SMILES string of the molecule is COc1ccc(C2SCCN2C(=O)CC(C)(C)C)cc1OCc1ccccc1. The largest absolute Gasteiger partial charge is 0.493 e. The van der Waals surface area contributed by atoms with E-state index in [-0.39, 0.29) is 16.7 Å². The molecule has 3 rings (SSSR count). The lowest BCUT2D eigenvalue weighted by molar-refractivity contribution is -0.133. The van der Waals surface area contributed by atoms with Crippen LogP contribution in [0.1, 0.15) is 43.7 Å². The number of benzene rings is 2. The molecule has 0 spiro atoms. The number of rotatable bonds is 6. The fraction of sp³-hybridized carbons (Fsp3) is 0.435. The standard InChI is InChI=1S/C23H29NO3S/c1-23(2,3)15-21(25)24-12-13-28-22(24)18-10-11-19(26-4)20(14-18)27-16-17-8-6-5-7-9-17/h5-11,14,22H,12-13,15-16H2,1-4H3. The summed E-state index contributed by atoms with van der Waals surface area (Å²) < 4.78 is 11.5. The highest BCUT2D eigenvalue weighted by Gasteiger charge is 2.32. The Kier molecular flexibility index (Phi) is 6.55. The molecule has 1 saturated heterocycles. The van der Waals surface area contributed by atoms with Gasteiger partial charge in [0.25, 0.3) is 0 Å². The van der Waals surface area contributed by atoms with Gasteiger partial charge in [-0.3, -0.25) is 4.79 Å². The van der Waals surface area contributed by atoms with Crippen molar-refractivity contribution in [2.24, 2.45) is 5.41 Å². The second-order valence-corrected chi connectivity index (χ2v) is 9.42. The van der Waals surface area contributed by atoms with Crippen LogP contribution in [0.5, 0.6) is 11.5 Å². The Hall–Kier alpha value is -2.14. The molecule has 1 unspecified atom stereocenters. The van der Waals surface area contributed by atoms with Crippen LogP contribution in [0.3, 0.4) is 0 Å². The smallest absolute Gasteiger partial charge is 0.224 e. The summed E-state index contributed by atoms with van der Waals surface area (Å²) in [5.41, 5.74) is 2.17. The van der Waals surface area contributed by atoms with Gasteiger partial charge < -0.3 is 14.4 Å². The molecule has 0 bridgehead atoms. The number of nitrogens with zero attached hydrogens (tertiary/aromatic N) is 1. The first-order valence-electron chi connectivity index (χ1n) is 9.63. The van der Waals surface area contributed by atoms with Gasteiger partial charge in [-0.1, -0.05) is 57.2 Å². The molecule has 1 amide bonds. The van der Waals surface area contributed by atoms with Gasteiger partial charge in [-0.25, -0.2) is 0 Å². The molecule has 5 heteroatoms. The molecule has 0 saturated carbocycles. The Morgan fingerprint density at radius 3 is 2.57 bits per heavy atom. The van der Waals surface area contributed by atoms with Crippen LogP contribution in [0.25, 0.3) is 0 Å². The fourth-order valence-corrected chi connectivity index (χ4v) is 4.52. The van der Waals surface area contributed by atoms with E-state index in [0.29, 0.717) is 24.5 Å². The first-order chi connectivity index (χ1) is 13.4. The number of methoxy groups -OCH3 is 1. The van der Waals surface area contributed by atoms with Crippen LogP contribution in [0.15, 0.2) is 48.5 Å². The first kappa shape index (κ1) is 20.6. The molecule has 1 atom stereocenters. The maximum atomic E-state index is 12.8. The van der Waals surface area contributed by atoms with Crippen LogP contribution in [-0.4, -0.2) is 30.2 Å². The van der Waals surface area contributed by atoms with Crippen molar-refractivity contribution in [2.75, 3.05) is 19.4 Å². The van der Waals surface area contributed by atoms with E-state index in [4.69, 9.17) is 9.47 Å². The maximum Gasteiger partial charge on any atom is 0.224 e. The molecule has 0 N–H and O–H groups in total. The number of hydrogen-bond donors (Lipinski definition) is 0. The topological polar surface area (TPSA) is 38.8 Å². The lowest BCUT2D eigenvalue weighted by Gasteiger charge is -2.28. The third-order valence-electron chi connectivity index (χ3n) is 4.60. The van der Waals surface area contributed by atoms with E-state index in [1.54, 1.807) is 18.9 Å². The van der Waals surface area contributed by atoms with E-state index < -0.39 is 0 Å². The van der Waals surface area contributed by atoms with Crippen LogP contribution in [0.4, 0.5) is 0 Å². The minimum atomic E-state index is -0.0151. The molecule has 2 aromatic rings. The number of carbonyl (C=O) groups is 1. The molecular weight excluding hydrogens is 370 g/mol. The van der Waals surface area contributed by atoms with Crippen LogP contribution in [0.2, 0.25) is 0 Å². The van der Waals surface area contributed by atoms with E-state index in [1.165, 1.54) is 0 Å². The molecule has 1 fully saturated rings. The number of amides is 1. The molecule has 0 radical (unpaired) electrons. The normalized spacial score (nSPS) is 16.9. The zero-order valence-corrected chi connectivity index (χ0v) is 17.9. The zero-order chi connectivity index (χ0) is 20.1. The summed E-state index contributed by atoms with van der Waals surface area (Å²) in [5, 5.41) is 0.0276. The molecule has 150 valence electrons. The van der Waals surface area contributed by atoms with Gasteiger partial charge in [0.05, 0.1) is 7.11 Å². The fourth-order valence-electron chi connectivity index (χ4n) is 3.25. The minimum Gasteiger partial charge on any atom is -0.493 e. The number of ether oxygens (including phenoxy) is 2. The number of thioether (sulfide) groups is 1. The van der Waals surface area contributed by atoms with E-state index >= 15 is 0 Å². The van der Waals surface area contributed by atoms with Crippen molar-refractivity contribution in [1.82, 2.24) is 4.90 Å². The Labute approximate surface area is 172 Å². The van der Waals surface area contributed by atoms with Crippen molar-refractivity contribution >= 4 is 17.7 Å². The monoisotopic (exact) mass is 399 g/mol. The summed E-state index contributed by atoms with van der Waals surface area (Å²) in [6.45, 7) is 7.58. The number of carbonyl (C=O) groups excluding carboxylic acids is 1. The van der Waals surface area contributed by atoms with Gasteiger partial charge in [0.2, 0.25) is 5.91 Å². The van der Waals surface area contributed by atoms with Crippen molar-refractivity contribution in [3.63, 3.8) is 0 Å². The quantitative estimate of drug-likeness (QED) is 0.662. The Balaban J connectivity index is 1.78. The second-order valence-electron chi connectivity index (χ2n) is 8.23. The van der Waals surface area contributed by atoms with E-state index in [0.717, 1.165) is 23.4 Å². The lowest BCUT2D eigenvalue weighted by atomic mass is 9.91. The first-order valence-corrected chi connectivity index (χ1v) is 10.7. The van der Waals surface area contributed by atoms with Gasteiger partial charge in [-0.2, -0.15) is 0 Å². The summed E-state index contributed by atoms with van der Waals surface area (Å²) >= 11 is 1.80. The van der Waals surface area contributed by atoms with Crippen LogP contribution < -0.4 is 9.47 Å². The zero-order valence-electron chi connectivity index (χ0n) is 17.1. The molecule has 0 aromatic heterocycles. The van der Waals surface area contributed by atoms with Crippen molar-refractivity contribution in [2.45, 2.75) is 39.2 Å². The second kappa shape index (κ2) is 8.91. The van der Waals surface area contributed by atoms with Crippen LogP contribution in [-0.2, 0) is 11.4 Å². The summed E-state index contributed by atoms with van der Waals surface area (Å²) in [5.74, 6) is 2.58. The molecule has 1 aliphatic rings. The molecule has 28 heavy (non-hydrogen) atoms. The van der Waals surface area contributed by atoms with E-state index in [9.17, 15) is 4.79 Å². The summed E-state index contributed by atoms with van der Waals surface area (Å²) in [6.07, 6.45) is 0.553. The average molecular weight is 400 g/mol. The number of hydrogen-bond acceptors (Lipinski definition) is 4.